The number of fused-ring (bicyclic) bond motifs is 1. The molecule has 0 fully saturated rings. The number of carbonyl (C=O) groups excluding carboxylic acids is 1. The molecule has 3 atom stereocenters. The Hall–Kier alpha value is -0.800. The highest BCUT2D eigenvalue weighted by Gasteiger charge is 2.37. The fourth-order valence-electron chi connectivity index (χ4n) is 2.22. The van der Waals surface area contributed by atoms with Crippen molar-refractivity contribution in [3.8, 4) is 0 Å². The molecule has 0 amide bonds. The molecular formula is C13H16O2S. The minimum atomic E-state index is -0.571. The van der Waals surface area contributed by atoms with Crippen LogP contribution in [0.2, 0.25) is 0 Å². The second-order valence-electron chi connectivity index (χ2n) is 4.19. The zero-order valence-electron chi connectivity index (χ0n) is 9.51. The van der Waals surface area contributed by atoms with Crippen molar-refractivity contribution >= 4 is 17.5 Å². The van der Waals surface area contributed by atoms with Gasteiger partial charge in [0, 0.05) is 15.7 Å². The van der Waals surface area contributed by atoms with Gasteiger partial charge in [0.05, 0.1) is 12.0 Å². The quantitative estimate of drug-likeness (QED) is 0.858. The van der Waals surface area contributed by atoms with Gasteiger partial charge >= 0.3 is 0 Å². The zero-order chi connectivity index (χ0) is 11.7. The molecule has 0 aromatic heterocycles. The Morgan fingerprint density at radius 2 is 2.12 bits per heavy atom. The first kappa shape index (κ1) is 11.7. The van der Waals surface area contributed by atoms with Crippen LogP contribution in [0, 0.1) is 5.92 Å². The number of hydrogen-bond acceptors (Lipinski definition) is 3. The molecule has 0 saturated carbocycles. The lowest BCUT2D eigenvalue weighted by molar-refractivity contribution is 0.0709. The first-order chi connectivity index (χ1) is 7.65. The van der Waals surface area contributed by atoms with Crippen LogP contribution < -0.4 is 0 Å². The molecule has 1 N–H and O–H groups in total. The molecule has 16 heavy (non-hydrogen) atoms. The predicted octanol–water partition coefficient (Wildman–Crippen LogP) is 2.75. The molecule has 0 radical (unpaired) electrons. The highest BCUT2D eigenvalue weighted by atomic mass is 32.2. The average molecular weight is 236 g/mol. The maximum Gasteiger partial charge on any atom is 0.170 e. The number of aliphatic hydroxyl groups is 1. The molecule has 0 aliphatic carbocycles. The highest BCUT2D eigenvalue weighted by molar-refractivity contribution is 8.00. The number of ketones is 1. The summed E-state index contributed by atoms with van der Waals surface area (Å²) in [6.45, 7) is 3.77. The van der Waals surface area contributed by atoms with Gasteiger partial charge in [0.15, 0.2) is 5.78 Å². The van der Waals surface area contributed by atoms with Crippen molar-refractivity contribution < 1.29 is 9.90 Å². The summed E-state index contributed by atoms with van der Waals surface area (Å²) < 4.78 is 0. The van der Waals surface area contributed by atoms with Crippen LogP contribution in [0.25, 0.3) is 0 Å². The second kappa shape index (κ2) is 4.60. The second-order valence-corrected chi connectivity index (χ2v) is 5.47. The van der Waals surface area contributed by atoms with Gasteiger partial charge < -0.3 is 5.11 Å². The maximum absolute atomic E-state index is 12.3. The Bertz CT molecular complexity index is 401. The summed E-state index contributed by atoms with van der Waals surface area (Å²) in [6, 6.07) is 7.67. The first-order valence-electron chi connectivity index (χ1n) is 5.63. The number of rotatable bonds is 2. The highest BCUT2D eigenvalue weighted by Crippen LogP contribution is 2.41. The largest absolute Gasteiger partial charge is 0.393 e. The third-order valence-corrected chi connectivity index (χ3v) is 4.60. The summed E-state index contributed by atoms with van der Waals surface area (Å²) in [6.07, 6.45) is 0.332. The van der Waals surface area contributed by atoms with Crippen molar-refractivity contribution in [1.82, 2.24) is 0 Å². The molecule has 1 aliphatic heterocycles. The van der Waals surface area contributed by atoms with E-state index in [-0.39, 0.29) is 17.0 Å². The Morgan fingerprint density at radius 3 is 2.75 bits per heavy atom. The lowest BCUT2D eigenvalue weighted by Crippen LogP contribution is -2.37. The fourth-order valence-corrected chi connectivity index (χ4v) is 3.67. The van der Waals surface area contributed by atoms with Gasteiger partial charge in [-0.3, -0.25) is 4.79 Å². The number of aliphatic hydroxyl groups excluding tert-OH is 1. The fraction of sp³-hybridized carbons (Fsp3) is 0.462. The summed E-state index contributed by atoms with van der Waals surface area (Å²) in [5.74, 6) is -0.166. The molecule has 1 heterocycles. The van der Waals surface area contributed by atoms with Crippen LogP contribution in [0.15, 0.2) is 29.2 Å². The van der Waals surface area contributed by atoms with E-state index in [4.69, 9.17) is 0 Å². The molecule has 0 saturated heterocycles. The van der Waals surface area contributed by atoms with Crippen molar-refractivity contribution in [2.45, 2.75) is 36.5 Å². The van der Waals surface area contributed by atoms with Gasteiger partial charge in [-0.2, -0.15) is 0 Å². The maximum atomic E-state index is 12.3. The number of Topliss-reactive ketones (excluding diaryl/α,β-unsaturated/α-hetero) is 1. The summed E-state index contributed by atoms with van der Waals surface area (Å²) in [4.78, 5) is 13.3. The van der Waals surface area contributed by atoms with E-state index in [1.165, 1.54) is 0 Å². The summed E-state index contributed by atoms with van der Waals surface area (Å²) in [5, 5.41) is 9.94. The molecule has 0 spiro atoms. The number of benzene rings is 1. The minimum Gasteiger partial charge on any atom is -0.393 e. The molecule has 1 aromatic rings. The van der Waals surface area contributed by atoms with Gasteiger partial charge in [0.2, 0.25) is 0 Å². The van der Waals surface area contributed by atoms with Crippen LogP contribution in [-0.2, 0) is 0 Å². The molecular weight excluding hydrogens is 220 g/mol. The van der Waals surface area contributed by atoms with Gasteiger partial charge in [-0.1, -0.05) is 25.1 Å². The van der Waals surface area contributed by atoms with Crippen LogP contribution in [0.3, 0.4) is 0 Å². The van der Waals surface area contributed by atoms with Crippen LogP contribution in [0.5, 0.6) is 0 Å². The van der Waals surface area contributed by atoms with E-state index >= 15 is 0 Å². The number of thioether (sulfide) groups is 1. The van der Waals surface area contributed by atoms with Crippen molar-refractivity contribution in [2.75, 3.05) is 0 Å². The van der Waals surface area contributed by atoms with Gasteiger partial charge in [-0.25, -0.2) is 0 Å². The SMILES string of the molecule is CC[C@H]1Sc2ccccc2C(=O)[C@H]1[C@@H](C)O. The molecule has 1 aliphatic rings. The lowest BCUT2D eigenvalue weighted by atomic mass is 9.88. The third-order valence-electron chi connectivity index (χ3n) is 3.06. The standard InChI is InChI=1S/C13H16O2S/c1-3-10-12(8(2)14)13(15)9-6-4-5-7-11(9)16-10/h4-8,10,12,14H,3H2,1-2H3/t8-,10-,12+/m1/s1. The average Bonchev–Trinajstić information content (AvgIpc) is 2.28. The molecule has 1 aromatic carbocycles. The van der Waals surface area contributed by atoms with E-state index in [1.54, 1.807) is 18.7 Å². The van der Waals surface area contributed by atoms with Crippen LogP contribution >= 0.6 is 11.8 Å². The molecule has 86 valence electrons. The minimum absolute atomic E-state index is 0.0937. The Morgan fingerprint density at radius 1 is 1.44 bits per heavy atom. The van der Waals surface area contributed by atoms with Crippen LogP contribution in [0.1, 0.15) is 30.6 Å². The normalized spacial score (nSPS) is 26.3. The van der Waals surface area contributed by atoms with E-state index in [1.807, 2.05) is 24.3 Å². The molecule has 2 nitrogen and oxygen atoms in total. The van der Waals surface area contributed by atoms with E-state index in [0.717, 1.165) is 16.9 Å². The number of carbonyl (C=O) groups is 1. The van der Waals surface area contributed by atoms with Gasteiger partial charge in [-0.05, 0) is 19.4 Å². The van der Waals surface area contributed by atoms with Gasteiger partial charge in [0.1, 0.15) is 0 Å². The summed E-state index contributed by atoms with van der Waals surface area (Å²) in [5.41, 5.74) is 0.767. The van der Waals surface area contributed by atoms with Crippen molar-refractivity contribution in [3.05, 3.63) is 29.8 Å². The van der Waals surface area contributed by atoms with Crippen molar-refractivity contribution in [3.63, 3.8) is 0 Å². The van der Waals surface area contributed by atoms with E-state index in [2.05, 4.69) is 6.92 Å². The molecule has 0 unspecified atom stereocenters. The number of hydrogen-bond donors (Lipinski definition) is 1. The molecule has 3 heteroatoms. The van der Waals surface area contributed by atoms with Crippen LogP contribution in [0.4, 0.5) is 0 Å². The van der Waals surface area contributed by atoms with E-state index < -0.39 is 6.10 Å². The zero-order valence-corrected chi connectivity index (χ0v) is 10.3. The third kappa shape index (κ3) is 1.89. The van der Waals surface area contributed by atoms with Gasteiger partial charge in [0.25, 0.3) is 0 Å². The van der Waals surface area contributed by atoms with Crippen molar-refractivity contribution in [2.24, 2.45) is 5.92 Å². The Balaban J connectivity index is 2.42. The van der Waals surface area contributed by atoms with Crippen LogP contribution in [-0.4, -0.2) is 22.2 Å². The lowest BCUT2D eigenvalue weighted by Gasteiger charge is -2.32. The molecule has 2 rings (SSSR count). The monoisotopic (exact) mass is 236 g/mol. The molecule has 0 bridgehead atoms. The smallest absolute Gasteiger partial charge is 0.170 e. The topological polar surface area (TPSA) is 37.3 Å². The van der Waals surface area contributed by atoms with Crippen molar-refractivity contribution in [1.29, 1.82) is 0 Å². The summed E-state index contributed by atoms with van der Waals surface area (Å²) >= 11 is 1.72. The first-order valence-corrected chi connectivity index (χ1v) is 6.51. The van der Waals surface area contributed by atoms with E-state index in [9.17, 15) is 9.90 Å². The van der Waals surface area contributed by atoms with E-state index in [0.29, 0.717) is 0 Å². The Labute approximate surface area is 100 Å². The van der Waals surface area contributed by atoms with Gasteiger partial charge in [-0.15, -0.1) is 11.8 Å². The Kier molecular flexibility index (Phi) is 3.36. The summed E-state index contributed by atoms with van der Waals surface area (Å²) in [7, 11) is 0. The predicted molar refractivity (Wildman–Crippen MR) is 65.9 cm³/mol.